The number of hydrogen-bond donors (Lipinski definition) is 0. The van der Waals surface area contributed by atoms with E-state index in [-0.39, 0.29) is 10.6 Å². The number of benzene rings is 2. The predicted octanol–water partition coefficient (Wildman–Crippen LogP) is 5.87. The molecule has 26 heavy (non-hydrogen) atoms. The second kappa shape index (κ2) is 8.20. The Morgan fingerprint density at radius 2 is 1.50 bits per heavy atom. The van der Waals surface area contributed by atoms with Crippen molar-refractivity contribution in [3.05, 3.63) is 53.8 Å². The second-order valence-corrected chi connectivity index (χ2v) is 8.18. The zero-order valence-electron chi connectivity index (χ0n) is 14.3. The van der Waals surface area contributed by atoms with Gasteiger partial charge in [-0.15, -0.1) is 0 Å². The van der Waals surface area contributed by atoms with Gasteiger partial charge in [0.1, 0.15) is 10.7 Å². The van der Waals surface area contributed by atoms with E-state index >= 15 is 0 Å². The van der Waals surface area contributed by atoms with Gasteiger partial charge < -0.3 is 0 Å². The summed E-state index contributed by atoms with van der Waals surface area (Å²) in [4.78, 5) is -0.371. The quantitative estimate of drug-likeness (QED) is 0.439. The maximum Gasteiger partial charge on any atom is 0.416 e. The highest BCUT2D eigenvalue weighted by Crippen LogP contribution is 2.31. The van der Waals surface area contributed by atoms with Crippen LogP contribution in [0.2, 0.25) is 0 Å². The van der Waals surface area contributed by atoms with Gasteiger partial charge in [0.2, 0.25) is 0 Å². The van der Waals surface area contributed by atoms with Crippen molar-refractivity contribution in [3.63, 3.8) is 0 Å². The minimum absolute atomic E-state index is 0.121. The first-order chi connectivity index (χ1) is 12.1. The summed E-state index contributed by atoms with van der Waals surface area (Å²) in [5.74, 6) is -1.01. The number of sulfone groups is 1. The molecule has 0 radical (unpaired) electrons. The van der Waals surface area contributed by atoms with Crippen molar-refractivity contribution in [1.29, 1.82) is 0 Å². The van der Waals surface area contributed by atoms with Gasteiger partial charge in [-0.05, 0) is 41.8 Å². The maximum absolute atomic E-state index is 14.3. The Balaban J connectivity index is 2.21. The fraction of sp³-hybridized carbons (Fsp3) is 0.368. The van der Waals surface area contributed by atoms with Crippen LogP contribution in [0.5, 0.6) is 0 Å². The molecule has 0 aliphatic rings. The molecule has 0 fully saturated rings. The molecule has 0 bridgehead atoms. The summed E-state index contributed by atoms with van der Waals surface area (Å²) in [6, 6.07) is 7.91. The molecule has 2 aromatic rings. The van der Waals surface area contributed by atoms with Crippen molar-refractivity contribution in [2.24, 2.45) is 0 Å². The van der Waals surface area contributed by atoms with Crippen LogP contribution < -0.4 is 0 Å². The summed E-state index contributed by atoms with van der Waals surface area (Å²) in [6.45, 7) is 2.01. The Labute approximate surface area is 150 Å². The number of halogens is 4. The number of rotatable bonds is 7. The van der Waals surface area contributed by atoms with Gasteiger partial charge in [0.05, 0.1) is 11.3 Å². The van der Waals surface area contributed by atoms with E-state index in [1.54, 1.807) is 0 Å². The number of unbranched alkanes of at least 4 members (excludes halogenated alkanes) is 3. The molecule has 0 unspecified atom stereocenters. The fourth-order valence-corrected chi connectivity index (χ4v) is 4.05. The third kappa shape index (κ3) is 5.06. The lowest BCUT2D eigenvalue weighted by molar-refractivity contribution is -0.137. The minimum atomic E-state index is -4.44. The highest BCUT2D eigenvalue weighted by atomic mass is 32.2. The Bertz CT molecular complexity index is 841. The zero-order valence-corrected chi connectivity index (χ0v) is 15.1. The summed E-state index contributed by atoms with van der Waals surface area (Å²) in [5.41, 5.74) is -0.0991. The molecular formula is C19H20F4O2S. The molecule has 7 heteroatoms. The van der Waals surface area contributed by atoms with Gasteiger partial charge in [-0.3, -0.25) is 0 Å². The summed E-state index contributed by atoms with van der Waals surface area (Å²) in [5, 5.41) is 0. The Morgan fingerprint density at radius 1 is 0.885 bits per heavy atom. The molecule has 0 amide bonds. The number of hydrogen-bond acceptors (Lipinski definition) is 2. The summed E-state index contributed by atoms with van der Waals surface area (Å²) in [7, 11) is -3.72. The molecule has 2 nitrogen and oxygen atoms in total. The summed E-state index contributed by atoms with van der Waals surface area (Å²) in [6.07, 6.45) is -1.32. The van der Waals surface area contributed by atoms with Crippen molar-refractivity contribution in [2.75, 3.05) is 5.75 Å². The number of alkyl halides is 3. The molecule has 0 atom stereocenters. The van der Waals surface area contributed by atoms with Crippen LogP contribution >= 0.6 is 0 Å². The van der Waals surface area contributed by atoms with Crippen molar-refractivity contribution in [2.45, 2.75) is 43.7 Å². The maximum atomic E-state index is 14.3. The molecule has 142 valence electrons. The molecule has 2 aromatic carbocycles. The molecule has 0 saturated carbocycles. The third-order valence-electron chi connectivity index (χ3n) is 4.08. The molecule has 0 aliphatic heterocycles. The highest BCUT2D eigenvalue weighted by molar-refractivity contribution is 7.91. The van der Waals surface area contributed by atoms with E-state index in [4.69, 9.17) is 0 Å². The average Bonchev–Trinajstić information content (AvgIpc) is 2.58. The smallest absolute Gasteiger partial charge is 0.224 e. The van der Waals surface area contributed by atoms with Crippen molar-refractivity contribution < 1.29 is 26.0 Å². The van der Waals surface area contributed by atoms with Crippen LogP contribution in [0.1, 0.15) is 38.2 Å². The van der Waals surface area contributed by atoms with E-state index in [1.807, 2.05) is 6.92 Å². The van der Waals surface area contributed by atoms with Gasteiger partial charge in [-0.1, -0.05) is 44.4 Å². The standard InChI is InChI=1S/C19H20F4O2S/c1-2-3-4-5-12-26(24,25)18-11-8-15(13-17(18)20)14-6-9-16(10-7-14)19(21,22)23/h6-11,13H,2-5,12H2,1H3. The lowest BCUT2D eigenvalue weighted by Crippen LogP contribution is -2.09. The minimum Gasteiger partial charge on any atom is -0.224 e. The summed E-state index contributed by atoms with van der Waals surface area (Å²) < 4.78 is 76.6. The fourth-order valence-electron chi connectivity index (χ4n) is 2.61. The second-order valence-electron chi connectivity index (χ2n) is 6.10. The lowest BCUT2D eigenvalue weighted by atomic mass is 10.0. The Kier molecular flexibility index (Phi) is 6.44. The molecule has 2 rings (SSSR count). The van der Waals surface area contributed by atoms with Gasteiger partial charge >= 0.3 is 6.18 Å². The predicted molar refractivity (Wildman–Crippen MR) is 93.0 cm³/mol. The highest BCUT2D eigenvalue weighted by Gasteiger charge is 2.30. The van der Waals surface area contributed by atoms with E-state index in [0.717, 1.165) is 37.5 Å². The van der Waals surface area contributed by atoms with Crippen LogP contribution in [0.25, 0.3) is 11.1 Å². The van der Waals surface area contributed by atoms with Crippen LogP contribution in [0.3, 0.4) is 0 Å². The molecule has 0 N–H and O–H groups in total. The van der Waals surface area contributed by atoms with E-state index in [1.165, 1.54) is 24.3 Å². The van der Waals surface area contributed by atoms with Crippen LogP contribution in [-0.2, 0) is 16.0 Å². The topological polar surface area (TPSA) is 34.1 Å². The average molecular weight is 388 g/mol. The van der Waals surface area contributed by atoms with Crippen LogP contribution in [-0.4, -0.2) is 14.2 Å². The Hall–Kier alpha value is -1.89. The van der Waals surface area contributed by atoms with Gasteiger partial charge in [0.25, 0.3) is 0 Å². The molecule has 0 saturated heterocycles. The van der Waals surface area contributed by atoms with E-state index in [0.29, 0.717) is 17.5 Å². The normalized spacial score (nSPS) is 12.3. The largest absolute Gasteiger partial charge is 0.416 e. The Morgan fingerprint density at radius 3 is 2.04 bits per heavy atom. The van der Waals surface area contributed by atoms with Crippen LogP contribution in [0.4, 0.5) is 17.6 Å². The SMILES string of the molecule is CCCCCCS(=O)(=O)c1ccc(-c2ccc(C(F)(F)F)cc2)cc1F. The van der Waals surface area contributed by atoms with E-state index in [2.05, 4.69) is 0 Å². The van der Waals surface area contributed by atoms with E-state index < -0.39 is 27.4 Å². The van der Waals surface area contributed by atoms with Crippen molar-refractivity contribution >= 4 is 9.84 Å². The first-order valence-corrected chi connectivity index (χ1v) is 10.0. The summed E-state index contributed by atoms with van der Waals surface area (Å²) >= 11 is 0. The lowest BCUT2D eigenvalue weighted by Gasteiger charge is -2.10. The first-order valence-electron chi connectivity index (χ1n) is 8.35. The molecule has 0 spiro atoms. The molecular weight excluding hydrogens is 368 g/mol. The van der Waals surface area contributed by atoms with Crippen molar-refractivity contribution in [3.8, 4) is 11.1 Å². The molecule has 0 aromatic heterocycles. The van der Waals surface area contributed by atoms with Gasteiger partial charge in [0, 0.05) is 0 Å². The van der Waals surface area contributed by atoms with E-state index in [9.17, 15) is 26.0 Å². The van der Waals surface area contributed by atoms with Crippen LogP contribution in [0, 0.1) is 5.82 Å². The first kappa shape index (κ1) is 20.4. The zero-order chi connectivity index (χ0) is 19.4. The van der Waals surface area contributed by atoms with Gasteiger partial charge in [-0.2, -0.15) is 13.2 Å². The van der Waals surface area contributed by atoms with Crippen LogP contribution in [0.15, 0.2) is 47.4 Å². The molecule has 0 aliphatic carbocycles. The third-order valence-corrected chi connectivity index (χ3v) is 5.91. The van der Waals surface area contributed by atoms with Gasteiger partial charge in [-0.25, -0.2) is 12.8 Å². The molecule has 0 heterocycles. The van der Waals surface area contributed by atoms with Gasteiger partial charge in [0.15, 0.2) is 9.84 Å². The van der Waals surface area contributed by atoms with Crippen molar-refractivity contribution in [1.82, 2.24) is 0 Å². The monoisotopic (exact) mass is 388 g/mol.